The maximum absolute atomic E-state index is 13.4. The van der Waals surface area contributed by atoms with Crippen molar-refractivity contribution in [2.75, 3.05) is 46.4 Å². The van der Waals surface area contributed by atoms with Gasteiger partial charge < -0.3 is 19.9 Å². The fraction of sp³-hybridized carbons (Fsp3) is 0.636. The molecule has 2 amide bonds. The SMILES string of the molecule is COc1cc(C(=O)N2CCN(C(=O)[C@@]34CCCC[C@H]3CNC4)CC2)ccc1C. The van der Waals surface area contributed by atoms with Crippen molar-refractivity contribution in [2.45, 2.75) is 32.6 Å². The number of rotatable bonds is 3. The van der Waals surface area contributed by atoms with Gasteiger partial charge in [-0.2, -0.15) is 0 Å². The number of carbonyl (C=O) groups is 2. The van der Waals surface area contributed by atoms with Gasteiger partial charge in [-0.25, -0.2) is 0 Å². The van der Waals surface area contributed by atoms with Crippen LogP contribution in [0.4, 0.5) is 0 Å². The average molecular weight is 386 g/mol. The lowest BCUT2D eigenvalue weighted by molar-refractivity contribution is -0.146. The number of ether oxygens (including phenoxy) is 1. The van der Waals surface area contributed by atoms with Gasteiger partial charge in [-0.1, -0.05) is 18.9 Å². The lowest BCUT2D eigenvalue weighted by Gasteiger charge is -2.43. The molecule has 1 N–H and O–H groups in total. The monoisotopic (exact) mass is 385 g/mol. The zero-order chi connectivity index (χ0) is 19.7. The molecule has 1 aliphatic carbocycles. The van der Waals surface area contributed by atoms with E-state index in [0.29, 0.717) is 43.6 Å². The number of amides is 2. The molecule has 4 rings (SSSR count). The summed E-state index contributed by atoms with van der Waals surface area (Å²) in [6.45, 7) is 6.19. The molecule has 2 heterocycles. The summed E-state index contributed by atoms with van der Waals surface area (Å²) in [5.41, 5.74) is 1.46. The van der Waals surface area contributed by atoms with E-state index in [9.17, 15) is 9.59 Å². The van der Waals surface area contributed by atoms with Gasteiger partial charge in [0.1, 0.15) is 5.75 Å². The second-order valence-corrected chi connectivity index (χ2v) is 8.50. The van der Waals surface area contributed by atoms with Crippen LogP contribution in [0.1, 0.15) is 41.6 Å². The summed E-state index contributed by atoms with van der Waals surface area (Å²) < 4.78 is 5.35. The Bertz CT molecular complexity index is 757. The zero-order valence-corrected chi connectivity index (χ0v) is 17.0. The third-order valence-corrected chi connectivity index (χ3v) is 6.97. The van der Waals surface area contributed by atoms with Crippen LogP contribution in [0.25, 0.3) is 0 Å². The Kier molecular flexibility index (Phi) is 5.32. The fourth-order valence-corrected chi connectivity index (χ4v) is 5.23. The first-order chi connectivity index (χ1) is 13.5. The lowest BCUT2D eigenvalue weighted by Crippen LogP contribution is -2.56. The molecule has 28 heavy (non-hydrogen) atoms. The van der Waals surface area contributed by atoms with Crippen LogP contribution in [-0.2, 0) is 4.79 Å². The topological polar surface area (TPSA) is 61.9 Å². The van der Waals surface area contributed by atoms with Crippen LogP contribution in [0.2, 0.25) is 0 Å². The minimum Gasteiger partial charge on any atom is -0.496 e. The molecule has 1 saturated carbocycles. The van der Waals surface area contributed by atoms with Gasteiger partial charge in [-0.3, -0.25) is 9.59 Å². The molecule has 0 radical (unpaired) electrons. The van der Waals surface area contributed by atoms with Gasteiger partial charge in [0.05, 0.1) is 12.5 Å². The molecule has 0 bridgehead atoms. The van der Waals surface area contributed by atoms with Crippen LogP contribution < -0.4 is 10.1 Å². The third kappa shape index (κ3) is 3.28. The number of fused-ring (bicyclic) bond motifs is 1. The normalized spacial score (nSPS) is 27.4. The first-order valence-electron chi connectivity index (χ1n) is 10.5. The molecule has 1 aromatic rings. The van der Waals surface area contributed by atoms with Crippen LogP contribution in [0.15, 0.2) is 18.2 Å². The summed E-state index contributed by atoms with van der Waals surface area (Å²) in [7, 11) is 1.62. The van der Waals surface area contributed by atoms with Gasteiger partial charge in [-0.05, 0) is 49.9 Å². The number of nitrogens with zero attached hydrogens (tertiary/aromatic N) is 2. The summed E-state index contributed by atoms with van der Waals surface area (Å²) in [6, 6.07) is 5.58. The van der Waals surface area contributed by atoms with Gasteiger partial charge in [0.2, 0.25) is 5.91 Å². The van der Waals surface area contributed by atoms with Crippen LogP contribution in [0, 0.1) is 18.3 Å². The van der Waals surface area contributed by atoms with Gasteiger partial charge in [0.15, 0.2) is 0 Å². The lowest BCUT2D eigenvalue weighted by atomic mass is 9.67. The highest BCUT2D eigenvalue weighted by atomic mass is 16.5. The molecular formula is C22H31N3O3. The van der Waals surface area contributed by atoms with Gasteiger partial charge >= 0.3 is 0 Å². The van der Waals surface area contributed by atoms with Crippen LogP contribution in [0.3, 0.4) is 0 Å². The van der Waals surface area contributed by atoms with Gasteiger partial charge in [0, 0.05) is 38.3 Å². The Labute approximate surface area is 167 Å². The molecular weight excluding hydrogens is 354 g/mol. The third-order valence-electron chi connectivity index (χ3n) is 6.97. The minimum absolute atomic E-state index is 0.0154. The number of methoxy groups -OCH3 is 1. The summed E-state index contributed by atoms with van der Waals surface area (Å²) in [4.78, 5) is 30.1. The van der Waals surface area contributed by atoms with E-state index < -0.39 is 0 Å². The van der Waals surface area contributed by atoms with Crippen molar-refractivity contribution >= 4 is 11.8 Å². The van der Waals surface area contributed by atoms with Crippen LogP contribution >= 0.6 is 0 Å². The number of hydrogen-bond donors (Lipinski definition) is 1. The smallest absolute Gasteiger partial charge is 0.254 e. The number of piperazine rings is 1. The summed E-state index contributed by atoms with van der Waals surface area (Å²) >= 11 is 0. The number of aryl methyl sites for hydroxylation is 1. The van der Waals surface area contributed by atoms with Crippen molar-refractivity contribution in [3.63, 3.8) is 0 Å². The van der Waals surface area contributed by atoms with Crippen LogP contribution in [0.5, 0.6) is 5.75 Å². The first kappa shape index (κ1) is 19.2. The molecule has 2 aliphatic heterocycles. The number of benzene rings is 1. The predicted octanol–water partition coefficient (Wildman–Crippen LogP) is 2.07. The van der Waals surface area contributed by atoms with Crippen molar-refractivity contribution in [2.24, 2.45) is 11.3 Å². The van der Waals surface area contributed by atoms with Gasteiger partial charge in [0.25, 0.3) is 5.91 Å². The first-order valence-corrected chi connectivity index (χ1v) is 10.5. The Morgan fingerprint density at radius 2 is 1.89 bits per heavy atom. The summed E-state index contributed by atoms with van der Waals surface area (Å²) in [5, 5.41) is 3.47. The van der Waals surface area contributed by atoms with Crippen molar-refractivity contribution in [3.8, 4) is 5.75 Å². The molecule has 0 spiro atoms. The van der Waals surface area contributed by atoms with E-state index in [1.54, 1.807) is 7.11 Å². The summed E-state index contributed by atoms with van der Waals surface area (Å²) in [5.74, 6) is 1.54. The average Bonchev–Trinajstić information content (AvgIpc) is 3.18. The molecule has 2 saturated heterocycles. The maximum atomic E-state index is 13.4. The van der Waals surface area contributed by atoms with E-state index in [1.807, 2.05) is 34.9 Å². The van der Waals surface area contributed by atoms with Crippen LogP contribution in [-0.4, -0.2) is 68.0 Å². The van der Waals surface area contributed by atoms with Crippen molar-refractivity contribution in [1.29, 1.82) is 0 Å². The molecule has 3 fully saturated rings. The highest BCUT2D eigenvalue weighted by Gasteiger charge is 2.51. The van der Waals surface area contributed by atoms with E-state index in [1.165, 1.54) is 6.42 Å². The van der Waals surface area contributed by atoms with Crippen molar-refractivity contribution in [1.82, 2.24) is 15.1 Å². The zero-order valence-electron chi connectivity index (χ0n) is 17.0. The molecule has 6 heteroatoms. The quantitative estimate of drug-likeness (QED) is 0.865. The van der Waals surface area contributed by atoms with Gasteiger partial charge in [-0.15, -0.1) is 0 Å². The second-order valence-electron chi connectivity index (χ2n) is 8.50. The van der Waals surface area contributed by atoms with Crippen molar-refractivity contribution in [3.05, 3.63) is 29.3 Å². The number of carbonyl (C=O) groups excluding carboxylic acids is 2. The predicted molar refractivity (Wildman–Crippen MR) is 107 cm³/mol. The van der Waals surface area contributed by atoms with Crippen molar-refractivity contribution < 1.29 is 14.3 Å². The molecule has 2 atom stereocenters. The highest BCUT2D eigenvalue weighted by Crippen LogP contribution is 2.45. The minimum atomic E-state index is -0.200. The standard InChI is InChI=1S/C22H31N3O3/c1-16-6-7-17(13-19(16)28-2)20(26)24-9-11-25(12-10-24)21(27)22-8-4-3-5-18(22)14-23-15-22/h6-7,13,18,23H,3-5,8-12,14-15H2,1-2H3/t18-,22+/m0/s1. The largest absolute Gasteiger partial charge is 0.496 e. The Morgan fingerprint density at radius 3 is 2.64 bits per heavy atom. The Morgan fingerprint density at radius 1 is 1.14 bits per heavy atom. The fourth-order valence-electron chi connectivity index (χ4n) is 5.23. The van der Waals surface area contributed by atoms with E-state index in [0.717, 1.165) is 43.7 Å². The second kappa shape index (κ2) is 7.74. The van der Waals surface area contributed by atoms with E-state index in [4.69, 9.17) is 4.74 Å². The van der Waals surface area contributed by atoms with E-state index >= 15 is 0 Å². The van der Waals surface area contributed by atoms with E-state index in [-0.39, 0.29) is 11.3 Å². The maximum Gasteiger partial charge on any atom is 0.254 e. The highest BCUT2D eigenvalue weighted by molar-refractivity contribution is 5.95. The molecule has 0 aromatic heterocycles. The summed E-state index contributed by atoms with van der Waals surface area (Å²) in [6.07, 6.45) is 4.56. The molecule has 152 valence electrons. The molecule has 6 nitrogen and oxygen atoms in total. The Balaban J connectivity index is 1.40. The Hall–Kier alpha value is -2.08. The number of hydrogen-bond acceptors (Lipinski definition) is 4. The molecule has 0 unspecified atom stereocenters. The molecule has 1 aromatic carbocycles. The molecule has 3 aliphatic rings. The van der Waals surface area contributed by atoms with E-state index in [2.05, 4.69) is 5.32 Å². The number of nitrogens with one attached hydrogen (secondary N) is 1.